The van der Waals surface area contributed by atoms with Gasteiger partial charge in [-0.15, -0.1) is 0 Å². The van der Waals surface area contributed by atoms with Gasteiger partial charge in [0.05, 0.1) is 11.0 Å². The SMILES string of the molecule is Cn1c(C(Cl)(Cl)Cl)nc2cc(-c3ccc(F)cc3)ccc21. The number of benzene rings is 2. The Labute approximate surface area is 136 Å². The molecule has 1 aromatic heterocycles. The van der Waals surface area contributed by atoms with Gasteiger partial charge in [-0.25, -0.2) is 9.37 Å². The Balaban J connectivity index is 2.15. The van der Waals surface area contributed by atoms with Gasteiger partial charge >= 0.3 is 0 Å². The maximum Gasteiger partial charge on any atom is 0.248 e. The van der Waals surface area contributed by atoms with Crippen molar-refractivity contribution in [3.8, 4) is 11.1 Å². The van der Waals surface area contributed by atoms with E-state index in [0.717, 1.165) is 22.2 Å². The molecule has 0 aliphatic carbocycles. The smallest absolute Gasteiger partial charge is 0.248 e. The molecule has 0 saturated carbocycles. The Morgan fingerprint density at radius 3 is 2.24 bits per heavy atom. The van der Waals surface area contributed by atoms with Crippen LogP contribution in [0.1, 0.15) is 5.82 Å². The molecule has 0 atom stereocenters. The van der Waals surface area contributed by atoms with Crippen LogP contribution >= 0.6 is 34.8 Å². The Bertz CT molecular complexity index is 804. The molecule has 0 bridgehead atoms. The number of hydrogen-bond donors (Lipinski definition) is 0. The van der Waals surface area contributed by atoms with E-state index in [9.17, 15) is 4.39 Å². The van der Waals surface area contributed by atoms with Crippen LogP contribution in [0.15, 0.2) is 42.5 Å². The molecule has 6 heteroatoms. The second kappa shape index (κ2) is 5.16. The van der Waals surface area contributed by atoms with E-state index in [2.05, 4.69) is 4.98 Å². The zero-order valence-corrected chi connectivity index (χ0v) is 13.2. The lowest BCUT2D eigenvalue weighted by molar-refractivity contribution is 0.628. The van der Waals surface area contributed by atoms with Gasteiger partial charge in [0.1, 0.15) is 5.82 Å². The third-order valence-corrected chi connectivity index (χ3v) is 3.82. The average molecular weight is 344 g/mol. The predicted molar refractivity (Wildman–Crippen MR) is 85.3 cm³/mol. The number of halogens is 4. The second-order valence-corrected chi connectivity index (χ2v) is 6.98. The number of fused-ring (bicyclic) bond motifs is 1. The maximum absolute atomic E-state index is 13.0. The van der Waals surface area contributed by atoms with Crippen molar-refractivity contribution in [2.45, 2.75) is 3.79 Å². The van der Waals surface area contributed by atoms with E-state index in [1.54, 1.807) is 23.7 Å². The highest BCUT2D eigenvalue weighted by Crippen LogP contribution is 2.39. The van der Waals surface area contributed by atoms with Crippen molar-refractivity contribution in [3.63, 3.8) is 0 Å². The molecule has 0 saturated heterocycles. The molecule has 0 aliphatic heterocycles. The number of aryl methyl sites for hydroxylation is 1. The summed E-state index contributed by atoms with van der Waals surface area (Å²) in [5.41, 5.74) is 3.42. The van der Waals surface area contributed by atoms with Crippen molar-refractivity contribution < 1.29 is 4.39 Å². The molecule has 0 N–H and O–H groups in total. The number of aromatic nitrogens is 2. The van der Waals surface area contributed by atoms with Gasteiger partial charge in [0.25, 0.3) is 0 Å². The summed E-state index contributed by atoms with van der Waals surface area (Å²) in [7, 11) is 1.80. The van der Waals surface area contributed by atoms with E-state index < -0.39 is 3.79 Å². The lowest BCUT2D eigenvalue weighted by atomic mass is 10.1. The number of rotatable bonds is 1. The highest BCUT2D eigenvalue weighted by atomic mass is 35.6. The average Bonchev–Trinajstić information content (AvgIpc) is 2.76. The molecule has 0 aliphatic rings. The molecule has 0 fully saturated rings. The standard InChI is InChI=1S/C15H10Cl3FN2/c1-21-13-7-4-10(9-2-5-11(19)6-3-9)8-12(13)20-14(21)15(16,17)18/h2-8H,1H3. The van der Waals surface area contributed by atoms with Gasteiger partial charge in [-0.2, -0.15) is 0 Å². The minimum absolute atomic E-state index is 0.267. The third-order valence-electron chi connectivity index (χ3n) is 3.31. The number of imidazole rings is 1. The fraction of sp³-hybridized carbons (Fsp3) is 0.133. The zero-order chi connectivity index (χ0) is 15.2. The Hall–Kier alpha value is -1.29. The lowest BCUT2D eigenvalue weighted by Crippen LogP contribution is -2.08. The summed E-state index contributed by atoms with van der Waals surface area (Å²) in [5.74, 6) is 0.0925. The molecule has 108 valence electrons. The number of alkyl halides is 3. The monoisotopic (exact) mass is 342 g/mol. The van der Waals surface area contributed by atoms with Gasteiger partial charge in [0.15, 0.2) is 5.82 Å². The van der Waals surface area contributed by atoms with Crippen molar-refractivity contribution >= 4 is 45.8 Å². The van der Waals surface area contributed by atoms with Crippen molar-refractivity contribution in [1.82, 2.24) is 9.55 Å². The molecular formula is C15H10Cl3FN2. The Morgan fingerprint density at radius 2 is 1.62 bits per heavy atom. The van der Waals surface area contributed by atoms with Crippen LogP contribution in [0.3, 0.4) is 0 Å². The summed E-state index contributed by atoms with van der Waals surface area (Å²) in [4.78, 5) is 4.38. The molecule has 2 aromatic carbocycles. The molecule has 3 aromatic rings. The van der Waals surface area contributed by atoms with Gasteiger partial charge in [-0.1, -0.05) is 53.0 Å². The van der Waals surface area contributed by atoms with Gasteiger partial charge < -0.3 is 4.57 Å². The first-order valence-electron chi connectivity index (χ1n) is 6.16. The fourth-order valence-corrected chi connectivity index (χ4v) is 2.78. The molecule has 0 radical (unpaired) electrons. The van der Waals surface area contributed by atoms with Crippen molar-refractivity contribution in [2.75, 3.05) is 0 Å². The molecule has 0 amide bonds. The molecular weight excluding hydrogens is 334 g/mol. The van der Waals surface area contributed by atoms with Crippen LogP contribution in [0.5, 0.6) is 0 Å². The predicted octanol–water partition coefficient (Wildman–Crippen LogP) is 5.21. The summed E-state index contributed by atoms with van der Waals surface area (Å²) >= 11 is 17.7. The van der Waals surface area contributed by atoms with E-state index in [-0.39, 0.29) is 5.82 Å². The molecule has 1 heterocycles. The molecule has 0 unspecified atom stereocenters. The topological polar surface area (TPSA) is 17.8 Å². The largest absolute Gasteiger partial charge is 0.327 e. The summed E-state index contributed by atoms with van der Waals surface area (Å²) in [6, 6.07) is 12.0. The minimum atomic E-state index is -1.58. The summed E-state index contributed by atoms with van der Waals surface area (Å²) in [6.07, 6.45) is 0. The van der Waals surface area contributed by atoms with Crippen molar-refractivity contribution in [3.05, 3.63) is 54.1 Å². The van der Waals surface area contributed by atoms with E-state index in [4.69, 9.17) is 34.8 Å². The summed E-state index contributed by atoms with van der Waals surface area (Å²) < 4.78 is 13.2. The quantitative estimate of drug-likeness (QED) is 0.555. The first kappa shape index (κ1) is 14.6. The molecule has 21 heavy (non-hydrogen) atoms. The minimum Gasteiger partial charge on any atom is -0.327 e. The lowest BCUT2D eigenvalue weighted by Gasteiger charge is -2.09. The van der Waals surface area contributed by atoms with Crippen LogP contribution in [-0.2, 0) is 10.8 Å². The van der Waals surface area contributed by atoms with Gasteiger partial charge in [-0.05, 0) is 35.4 Å². The van der Waals surface area contributed by atoms with Crippen LogP contribution < -0.4 is 0 Å². The van der Waals surface area contributed by atoms with Crippen LogP contribution in [0.4, 0.5) is 4.39 Å². The third kappa shape index (κ3) is 2.73. The van der Waals surface area contributed by atoms with Crippen molar-refractivity contribution in [1.29, 1.82) is 0 Å². The molecule has 3 rings (SSSR count). The Morgan fingerprint density at radius 1 is 1.00 bits per heavy atom. The van der Waals surface area contributed by atoms with Gasteiger partial charge in [0.2, 0.25) is 3.79 Å². The number of hydrogen-bond acceptors (Lipinski definition) is 1. The van der Waals surface area contributed by atoms with E-state index in [0.29, 0.717) is 5.82 Å². The van der Waals surface area contributed by atoms with E-state index in [1.807, 2.05) is 18.2 Å². The number of nitrogens with zero attached hydrogens (tertiary/aromatic N) is 2. The van der Waals surface area contributed by atoms with Crippen molar-refractivity contribution in [2.24, 2.45) is 7.05 Å². The fourth-order valence-electron chi connectivity index (χ4n) is 2.28. The van der Waals surface area contributed by atoms with Crippen LogP contribution in [0.2, 0.25) is 0 Å². The molecule has 2 nitrogen and oxygen atoms in total. The van der Waals surface area contributed by atoms with Gasteiger partial charge in [0, 0.05) is 7.05 Å². The summed E-state index contributed by atoms with van der Waals surface area (Å²) in [5, 5.41) is 0. The van der Waals surface area contributed by atoms with E-state index in [1.165, 1.54) is 12.1 Å². The summed E-state index contributed by atoms with van der Waals surface area (Å²) in [6.45, 7) is 0. The maximum atomic E-state index is 13.0. The second-order valence-electron chi connectivity index (χ2n) is 4.70. The van der Waals surface area contributed by atoms with E-state index >= 15 is 0 Å². The normalized spacial score (nSPS) is 12.0. The van der Waals surface area contributed by atoms with Crippen LogP contribution in [-0.4, -0.2) is 9.55 Å². The van der Waals surface area contributed by atoms with Crippen LogP contribution in [0.25, 0.3) is 22.2 Å². The highest BCUT2D eigenvalue weighted by Gasteiger charge is 2.29. The zero-order valence-electron chi connectivity index (χ0n) is 10.9. The molecule has 0 spiro atoms. The Kier molecular flexibility index (Phi) is 3.60. The highest BCUT2D eigenvalue weighted by molar-refractivity contribution is 6.66. The van der Waals surface area contributed by atoms with Crippen LogP contribution in [0, 0.1) is 5.82 Å². The first-order chi connectivity index (χ1) is 9.86. The van der Waals surface area contributed by atoms with Gasteiger partial charge in [-0.3, -0.25) is 0 Å². The first-order valence-corrected chi connectivity index (χ1v) is 7.29.